The SMILES string of the molecule is C=C(/C=c1/c(NC)nnc(C)/c1=C/C)N1CCC(N)C1. The lowest BCUT2D eigenvalue weighted by atomic mass is 10.2. The Morgan fingerprint density at radius 2 is 2.20 bits per heavy atom. The third-order valence-corrected chi connectivity index (χ3v) is 3.70. The van der Waals surface area contributed by atoms with Gasteiger partial charge in [0.2, 0.25) is 0 Å². The van der Waals surface area contributed by atoms with Crippen molar-refractivity contribution in [2.75, 3.05) is 25.5 Å². The molecule has 108 valence electrons. The number of likely N-dealkylation sites (tertiary alicyclic amines) is 1. The van der Waals surface area contributed by atoms with Crippen LogP contribution in [-0.2, 0) is 0 Å². The van der Waals surface area contributed by atoms with Crippen molar-refractivity contribution in [2.45, 2.75) is 26.3 Å². The van der Waals surface area contributed by atoms with Gasteiger partial charge in [-0.05, 0) is 26.3 Å². The van der Waals surface area contributed by atoms with Crippen LogP contribution in [0, 0.1) is 6.92 Å². The first kappa shape index (κ1) is 14.5. The molecular formula is C15H23N5. The number of nitrogens with two attached hydrogens (primary N) is 1. The van der Waals surface area contributed by atoms with Crippen molar-refractivity contribution >= 4 is 18.0 Å². The molecule has 0 bridgehead atoms. The van der Waals surface area contributed by atoms with Crippen LogP contribution < -0.4 is 21.5 Å². The Morgan fingerprint density at radius 3 is 2.75 bits per heavy atom. The predicted molar refractivity (Wildman–Crippen MR) is 83.5 cm³/mol. The number of nitrogens with zero attached hydrogens (tertiary/aromatic N) is 3. The molecule has 5 nitrogen and oxygen atoms in total. The first-order chi connectivity index (χ1) is 9.56. The van der Waals surface area contributed by atoms with Gasteiger partial charge < -0.3 is 16.0 Å². The molecule has 2 heterocycles. The molecule has 5 heteroatoms. The number of rotatable bonds is 3. The molecule has 0 aromatic carbocycles. The molecule has 0 radical (unpaired) electrons. The molecule has 2 rings (SSSR count). The zero-order valence-corrected chi connectivity index (χ0v) is 12.5. The Labute approximate surface area is 119 Å². The van der Waals surface area contributed by atoms with Crippen LogP contribution in [0.25, 0.3) is 12.2 Å². The smallest absolute Gasteiger partial charge is 0.156 e. The summed E-state index contributed by atoms with van der Waals surface area (Å²) in [6.07, 6.45) is 5.15. The van der Waals surface area contributed by atoms with Crippen molar-refractivity contribution in [3.63, 3.8) is 0 Å². The van der Waals surface area contributed by atoms with Crippen molar-refractivity contribution in [2.24, 2.45) is 5.73 Å². The molecule has 0 aliphatic carbocycles. The number of allylic oxidation sites excluding steroid dienone is 1. The number of anilines is 1. The lowest BCUT2D eigenvalue weighted by Gasteiger charge is -2.18. The molecule has 1 atom stereocenters. The molecular weight excluding hydrogens is 250 g/mol. The monoisotopic (exact) mass is 273 g/mol. The molecule has 1 aliphatic rings. The van der Waals surface area contributed by atoms with Crippen molar-refractivity contribution < 1.29 is 0 Å². The van der Waals surface area contributed by atoms with E-state index in [0.29, 0.717) is 0 Å². The lowest BCUT2D eigenvalue weighted by molar-refractivity contribution is 0.441. The fraction of sp³-hybridized carbons (Fsp3) is 0.467. The first-order valence-corrected chi connectivity index (χ1v) is 6.95. The highest BCUT2D eigenvalue weighted by Crippen LogP contribution is 2.13. The molecule has 1 unspecified atom stereocenters. The third-order valence-electron chi connectivity index (χ3n) is 3.70. The Morgan fingerprint density at radius 1 is 1.45 bits per heavy atom. The summed E-state index contributed by atoms with van der Waals surface area (Å²) in [4.78, 5) is 2.22. The standard InChI is InChI=1S/C15H23N5/c1-5-13-11(3)18-19-15(17-4)14(13)8-10(2)20-7-6-12(16)9-20/h5,8,12H,2,6-7,9,16H2,1,3-4H3,(H,17,19)/b13-5-,14-8+. The molecule has 0 spiro atoms. The number of hydrogen-bond acceptors (Lipinski definition) is 5. The highest BCUT2D eigenvalue weighted by molar-refractivity contribution is 5.53. The minimum absolute atomic E-state index is 0.249. The normalized spacial score (nSPS) is 20.6. The molecule has 1 aromatic heterocycles. The largest absolute Gasteiger partial charge is 0.371 e. The van der Waals surface area contributed by atoms with E-state index in [-0.39, 0.29) is 6.04 Å². The average molecular weight is 273 g/mol. The van der Waals surface area contributed by atoms with Crippen LogP contribution in [0.5, 0.6) is 0 Å². The van der Waals surface area contributed by atoms with Crippen LogP contribution in [0.2, 0.25) is 0 Å². The zero-order chi connectivity index (χ0) is 14.7. The number of aryl methyl sites for hydroxylation is 1. The van der Waals surface area contributed by atoms with E-state index in [0.717, 1.165) is 47.2 Å². The summed E-state index contributed by atoms with van der Waals surface area (Å²) in [6, 6.07) is 0.249. The van der Waals surface area contributed by atoms with Gasteiger partial charge in [0.15, 0.2) is 5.82 Å². The molecule has 1 aliphatic heterocycles. The van der Waals surface area contributed by atoms with E-state index in [4.69, 9.17) is 5.73 Å². The van der Waals surface area contributed by atoms with Gasteiger partial charge in [-0.1, -0.05) is 12.7 Å². The van der Waals surface area contributed by atoms with E-state index in [2.05, 4.69) is 39.1 Å². The quantitative estimate of drug-likeness (QED) is 0.808. The van der Waals surface area contributed by atoms with E-state index in [1.165, 1.54) is 0 Å². The fourth-order valence-electron chi connectivity index (χ4n) is 2.56. The van der Waals surface area contributed by atoms with Crippen molar-refractivity contribution in [1.82, 2.24) is 15.1 Å². The molecule has 0 saturated carbocycles. The zero-order valence-electron chi connectivity index (χ0n) is 12.5. The van der Waals surface area contributed by atoms with Gasteiger partial charge in [0.05, 0.1) is 5.69 Å². The van der Waals surface area contributed by atoms with Gasteiger partial charge in [0.1, 0.15) is 0 Å². The van der Waals surface area contributed by atoms with Crippen molar-refractivity contribution in [3.05, 3.63) is 28.4 Å². The second-order valence-electron chi connectivity index (χ2n) is 5.13. The summed E-state index contributed by atoms with van der Waals surface area (Å²) in [6.45, 7) is 9.98. The first-order valence-electron chi connectivity index (χ1n) is 6.95. The Kier molecular flexibility index (Phi) is 4.39. The van der Waals surface area contributed by atoms with Gasteiger partial charge in [-0.2, -0.15) is 5.10 Å². The van der Waals surface area contributed by atoms with Crippen LogP contribution in [0.15, 0.2) is 12.3 Å². The van der Waals surface area contributed by atoms with Crippen molar-refractivity contribution in [1.29, 1.82) is 0 Å². The minimum atomic E-state index is 0.249. The Hall–Kier alpha value is -1.88. The topological polar surface area (TPSA) is 67.1 Å². The van der Waals surface area contributed by atoms with Gasteiger partial charge in [0, 0.05) is 42.3 Å². The fourth-order valence-corrected chi connectivity index (χ4v) is 2.56. The van der Waals surface area contributed by atoms with E-state index >= 15 is 0 Å². The molecule has 1 aromatic rings. The van der Waals surface area contributed by atoms with Crippen LogP contribution in [-0.4, -0.2) is 41.3 Å². The lowest BCUT2D eigenvalue weighted by Crippen LogP contribution is -2.34. The number of aromatic nitrogens is 2. The molecule has 1 saturated heterocycles. The van der Waals surface area contributed by atoms with E-state index < -0.39 is 0 Å². The van der Waals surface area contributed by atoms with Crippen molar-refractivity contribution in [3.8, 4) is 0 Å². The summed E-state index contributed by atoms with van der Waals surface area (Å²) in [5.41, 5.74) is 7.85. The summed E-state index contributed by atoms with van der Waals surface area (Å²) >= 11 is 0. The Balaban J connectivity index is 2.48. The molecule has 1 fully saturated rings. The van der Waals surface area contributed by atoms with Gasteiger partial charge in [-0.15, -0.1) is 5.10 Å². The highest BCUT2D eigenvalue weighted by Gasteiger charge is 2.19. The second kappa shape index (κ2) is 6.05. The van der Waals surface area contributed by atoms with Crippen LogP contribution in [0.4, 0.5) is 5.82 Å². The maximum Gasteiger partial charge on any atom is 0.156 e. The minimum Gasteiger partial charge on any atom is -0.371 e. The van der Waals surface area contributed by atoms with Gasteiger partial charge in [0.25, 0.3) is 0 Å². The van der Waals surface area contributed by atoms with Crippen LogP contribution >= 0.6 is 0 Å². The molecule has 20 heavy (non-hydrogen) atoms. The highest BCUT2D eigenvalue weighted by atomic mass is 15.2. The third kappa shape index (κ3) is 2.82. The maximum atomic E-state index is 5.96. The van der Waals surface area contributed by atoms with Crippen LogP contribution in [0.1, 0.15) is 19.0 Å². The number of nitrogens with one attached hydrogen (secondary N) is 1. The summed E-state index contributed by atoms with van der Waals surface area (Å²) in [5.74, 6) is 0.772. The summed E-state index contributed by atoms with van der Waals surface area (Å²) in [5, 5.41) is 13.6. The second-order valence-corrected chi connectivity index (χ2v) is 5.13. The number of hydrogen-bond donors (Lipinski definition) is 2. The Bertz CT molecular complexity index is 620. The van der Waals surface area contributed by atoms with Crippen LogP contribution in [0.3, 0.4) is 0 Å². The summed E-state index contributed by atoms with van der Waals surface area (Å²) < 4.78 is 0. The van der Waals surface area contributed by atoms with E-state index in [9.17, 15) is 0 Å². The molecule has 3 N–H and O–H groups in total. The van der Waals surface area contributed by atoms with Gasteiger partial charge in [-0.3, -0.25) is 0 Å². The molecule has 0 amide bonds. The average Bonchev–Trinajstić information content (AvgIpc) is 2.86. The predicted octanol–water partition coefficient (Wildman–Crippen LogP) is -0.0457. The maximum absolute atomic E-state index is 5.96. The van der Waals surface area contributed by atoms with E-state index in [1.807, 2.05) is 20.9 Å². The van der Waals surface area contributed by atoms with E-state index in [1.54, 1.807) is 0 Å². The van der Waals surface area contributed by atoms with Gasteiger partial charge in [-0.25, -0.2) is 0 Å². The summed E-state index contributed by atoms with van der Waals surface area (Å²) in [7, 11) is 1.85. The van der Waals surface area contributed by atoms with Gasteiger partial charge >= 0.3 is 0 Å².